The van der Waals surface area contributed by atoms with E-state index in [1.165, 1.54) is 24.9 Å². The molecule has 0 saturated carbocycles. The first-order chi connectivity index (χ1) is 24.0. The predicted molar refractivity (Wildman–Crippen MR) is 182 cm³/mol. The van der Waals surface area contributed by atoms with Gasteiger partial charge in [-0.25, -0.2) is 4.79 Å². The highest BCUT2D eigenvalue weighted by Gasteiger charge is 2.54. The summed E-state index contributed by atoms with van der Waals surface area (Å²) in [4.78, 5) is 81.3. The number of thioether (sulfide) groups is 2. The molecule has 4 heterocycles. The van der Waals surface area contributed by atoms with E-state index in [9.17, 15) is 33.9 Å². The third kappa shape index (κ3) is 6.90. The average molecular weight is 716 g/mol. The molecule has 0 radical (unpaired) electrons. The number of aromatic nitrogens is 3. The van der Waals surface area contributed by atoms with Crippen molar-refractivity contribution in [1.82, 2.24) is 36.0 Å². The molecule has 2 aromatic carbocycles. The molecule has 1 saturated heterocycles. The SMILES string of the molecule is CNC(=O)c1nnc(SCC2=C(C(=O)O)N3C(=O)C(NC(=O)C(NC(=O)c4ccc(-c5ccc(C)cc5)[nH]c4=O)c4ccccc4)[C@@H]3SC2)o1. The molecule has 5 N–H and O–H groups in total. The average Bonchev–Trinajstić information content (AvgIpc) is 3.60. The Morgan fingerprint density at radius 1 is 1.04 bits per heavy atom. The number of nitrogens with one attached hydrogen (secondary N) is 4. The largest absolute Gasteiger partial charge is 0.477 e. The standard InChI is InChI=1S/C33H29N7O8S2/c1-16-8-10-17(11-9-16)21-13-12-20(25(41)35-21)26(42)36-22(18-6-4-3-5-7-18)27(43)37-23-30(45)40-24(32(46)47)19(14-49-31(23)40)15-50-33-39-38-29(48-33)28(44)34-2/h3-13,22-23,31H,14-15H2,1-2H3,(H,34,44)(H,35,41)(H,36,42)(H,37,43)(H,46,47)/t22?,23?,31-/m0/s1. The van der Waals surface area contributed by atoms with Crippen molar-refractivity contribution in [1.29, 1.82) is 0 Å². The fraction of sp³-hybridized carbons (Fsp3) is 0.212. The maximum atomic E-state index is 13.7. The highest BCUT2D eigenvalue weighted by molar-refractivity contribution is 8.01. The Hall–Kier alpha value is -5.68. The number of carboxylic acid groups (broad SMARTS) is 1. The van der Waals surface area contributed by atoms with E-state index in [-0.39, 0.29) is 33.9 Å². The Bertz CT molecular complexity index is 2080. The fourth-order valence-electron chi connectivity index (χ4n) is 5.36. The van der Waals surface area contributed by atoms with Crippen LogP contribution in [0.2, 0.25) is 0 Å². The molecule has 50 heavy (non-hydrogen) atoms. The van der Waals surface area contributed by atoms with E-state index in [1.807, 2.05) is 31.2 Å². The number of hydrogen-bond acceptors (Lipinski definition) is 11. The smallest absolute Gasteiger partial charge is 0.352 e. The van der Waals surface area contributed by atoms with E-state index in [2.05, 4.69) is 31.1 Å². The van der Waals surface area contributed by atoms with Gasteiger partial charge in [0.2, 0.25) is 5.91 Å². The summed E-state index contributed by atoms with van der Waals surface area (Å²) in [5.41, 5.74) is 2.06. The highest BCUT2D eigenvalue weighted by Crippen LogP contribution is 2.41. The Balaban J connectivity index is 1.16. The highest BCUT2D eigenvalue weighted by atomic mass is 32.2. The third-order valence-electron chi connectivity index (χ3n) is 7.93. The van der Waals surface area contributed by atoms with E-state index in [0.29, 0.717) is 16.8 Å². The summed E-state index contributed by atoms with van der Waals surface area (Å²) < 4.78 is 5.29. The van der Waals surface area contributed by atoms with Crippen molar-refractivity contribution >= 4 is 53.1 Å². The van der Waals surface area contributed by atoms with Gasteiger partial charge in [0, 0.05) is 24.2 Å². The number of carbonyl (C=O) groups excluding carboxylic acids is 4. The van der Waals surface area contributed by atoms with Crippen LogP contribution in [0, 0.1) is 6.92 Å². The van der Waals surface area contributed by atoms with Crippen LogP contribution in [0.25, 0.3) is 11.3 Å². The molecular formula is C33H29N7O8S2. The molecule has 0 spiro atoms. The first kappa shape index (κ1) is 34.2. The Morgan fingerprint density at radius 3 is 2.46 bits per heavy atom. The van der Waals surface area contributed by atoms with Gasteiger partial charge in [-0.1, -0.05) is 71.9 Å². The monoisotopic (exact) mass is 715 g/mol. The molecule has 17 heteroatoms. The van der Waals surface area contributed by atoms with E-state index in [4.69, 9.17) is 4.42 Å². The zero-order valence-electron chi connectivity index (χ0n) is 26.5. The topological polar surface area (TPSA) is 217 Å². The van der Waals surface area contributed by atoms with Gasteiger partial charge in [0.15, 0.2) is 0 Å². The lowest BCUT2D eigenvalue weighted by molar-refractivity contribution is -0.151. The minimum absolute atomic E-state index is 0.0474. The number of H-pyrrole nitrogens is 1. The Kier molecular flexibility index (Phi) is 9.87. The van der Waals surface area contributed by atoms with Gasteiger partial charge in [0.25, 0.3) is 22.6 Å². The molecule has 2 aliphatic rings. The van der Waals surface area contributed by atoms with Crippen molar-refractivity contribution in [3.63, 3.8) is 0 Å². The number of nitrogens with zero attached hydrogens (tertiary/aromatic N) is 3. The van der Waals surface area contributed by atoms with E-state index < -0.39 is 52.6 Å². The zero-order chi connectivity index (χ0) is 35.5. The molecule has 4 amide bonds. The number of benzene rings is 2. The van der Waals surface area contributed by atoms with Crippen molar-refractivity contribution in [3.8, 4) is 11.3 Å². The number of aromatic amines is 1. The summed E-state index contributed by atoms with van der Waals surface area (Å²) in [6, 6.07) is 16.4. The molecule has 2 aromatic heterocycles. The number of fused-ring (bicyclic) bond motifs is 1. The third-order valence-corrected chi connectivity index (χ3v) is 10.2. The van der Waals surface area contributed by atoms with Crippen LogP contribution < -0.4 is 21.5 Å². The van der Waals surface area contributed by atoms with Crippen LogP contribution in [-0.4, -0.2) is 84.8 Å². The molecule has 15 nitrogen and oxygen atoms in total. The van der Waals surface area contributed by atoms with Crippen LogP contribution >= 0.6 is 23.5 Å². The quantitative estimate of drug-likeness (QED) is 0.111. The lowest BCUT2D eigenvalue weighted by atomic mass is 10.0. The first-order valence-electron chi connectivity index (χ1n) is 15.1. The molecule has 2 aliphatic heterocycles. The lowest BCUT2D eigenvalue weighted by Crippen LogP contribution is -2.71. The molecule has 3 atom stereocenters. The molecule has 4 aromatic rings. The van der Waals surface area contributed by atoms with Gasteiger partial charge >= 0.3 is 17.8 Å². The van der Waals surface area contributed by atoms with Crippen LogP contribution in [-0.2, 0) is 14.4 Å². The van der Waals surface area contributed by atoms with Crippen molar-refractivity contribution in [2.75, 3.05) is 18.6 Å². The van der Waals surface area contributed by atoms with Crippen LogP contribution in [0.4, 0.5) is 0 Å². The number of aliphatic carboxylic acids is 1. The molecule has 256 valence electrons. The molecular weight excluding hydrogens is 687 g/mol. The minimum atomic E-state index is -1.33. The van der Waals surface area contributed by atoms with Gasteiger partial charge in [-0.2, -0.15) is 0 Å². The zero-order valence-corrected chi connectivity index (χ0v) is 28.1. The second-order valence-corrected chi connectivity index (χ2v) is 13.2. The van der Waals surface area contributed by atoms with E-state index in [1.54, 1.807) is 36.4 Å². The van der Waals surface area contributed by atoms with Gasteiger partial charge in [0.05, 0.1) is 0 Å². The molecule has 0 bridgehead atoms. The maximum Gasteiger partial charge on any atom is 0.352 e. The normalized spacial score (nSPS) is 17.3. The minimum Gasteiger partial charge on any atom is -0.477 e. The summed E-state index contributed by atoms with van der Waals surface area (Å²) in [5, 5.41) is 24.5. The van der Waals surface area contributed by atoms with Gasteiger partial charge in [-0.3, -0.25) is 28.9 Å². The molecule has 0 aliphatic carbocycles. The van der Waals surface area contributed by atoms with E-state index in [0.717, 1.165) is 27.8 Å². The molecule has 2 unspecified atom stereocenters. The Morgan fingerprint density at radius 2 is 1.78 bits per heavy atom. The number of rotatable bonds is 11. The first-order valence-corrected chi connectivity index (χ1v) is 17.1. The fourth-order valence-corrected chi connectivity index (χ4v) is 7.60. The number of β-lactam (4-membered cyclic amide) rings is 1. The number of hydrogen-bond donors (Lipinski definition) is 5. The summed E-state index contributed by atoms with van der Waals surface area (Å²) in [5.74, 6) is -4.01. The van der Waals surface area contributed by atoms with Crippen molar-refractivity contribution in [2.45, 2.75) is 29.6 Å². The van der Waals surface area contributed by atoms with Crippen molar-refractivity contribution in [3.05, 3.63) is 111 Å². The summed E-state index contributed by atoms with van der Waals surface area (Å²) in [6.07, 6.45) is 0. The van der Waals surface area contributed by atoms with Gasteiger partial charge in [-0.05, 0) is 35.8 Å². The maximum absolute atomic E-state index is 13.7. The van der Waals surface area contributed by atoms with Crippen LogP contribution in [0.1, 0.15) is 38.2 Å². The number of amides is 4. The second kappa shape index (κ2) is 14.4. The number of aryl methyl sites for hydroxylation is 1. The van der Waals surface area contributed by atoms with Crippen LogP contribution in [0.3, 0.4) is 0 Å². The number of carboxylic acids is 1. The Labute approximate surface area is 292 Å². The summed E-state index contributed by atoms with van der Waals surface area (Å²) in [6.45, 7) is 1.94. The second-order valence-electron chi connectivity index (χ2n) is 11.2. The van der Waals surface area contributed by atoms with Crippen LogP contribution in [0.15, 0.2) is 92.4 Å². The molecule has 1 fully saturated rings. The van der Waals surface area contributed by atoms with Crippen molar-refractivity contribution < 1.29 is 33.5 Å². The van der Waals surface area contributed by atoms with Gasteiger partial charge in [0.1, 0.15) is 28.7 Å². The van der Waals surface area contributed by atoms with Crippen LogP contribution in [0.5, 0.6) is 0 Å². The lowest BCUT2D eigenvalue weighted by Gasteiger charge is -2.49. The summed E-state index contributed by atoms with van der Waals surface area (Å²) >= 11 is 2.27. The van der Waals surface area contributed by atoms with E-state index >= 15 is 0 Å². The predicted octanol–water partition coefficient (Wildman–Crippen LogP) is 2.09. The van der Waals surface area contributed by atoms with Crippen molar-refractivity contribution in [2.24, 2.45) is 0 Å². The molecule has 6 rings (SSSR count). The summed E-state index contributed by atoms with van der Waals surface area (Å²) in [7, 11) is 1.41. The number of pyridine rings is 1. The van der Waals surface area contributed by atoms with Gasteiger partial charge < -0.3 is 30.5 Å². The van der Waals surface area contributed by atoms with Gasteiger partial charge in [-0.15, -0.1) is 22.0 Å². The number of carbonyl (C=O) groups is 5.